The first-order valence-electron chi connectivity index (χ1n) is 4.42. The van der Waals surface area contributed by atoms with E-state index in [1.54, 1.807) is 19.2 Å². The maximum Gasteiger partial charge on any atom is 0.197 e. The topological polar surface area (TPSA) is 32.9 Å². The Morgan fingerprint density at radius 2 is 2.20 bits per heavy atom. The number of para-hydroxylation sites is 1. The fraction of sp³-hybridized carbons (Fsp3) is 0.0909. The average Bonchev–Trinajstić information content (AvgIpc) is 2.19. The molecule has 0 aliphatic heterocycles. The second-order valence-corrected chi connectivity index (χ2v) is 4.72. The number of halogens is 1. The molecule has 0 atom stereocenters. The van der Waals surface area contributed by atoms with Gasteiger partial charge in [-0.2, -0.15) is 0 Å². The molecule has 0 saturated carbocycles. The number of thiocarbonyl (C=S) groups is 1. The summed E-state index contributed by atoms with van der Waals surface area (Å²) in [6.45, 7) is 1.75. The SMILES string of the molecule is CC(=S)c1c[nH]c2c(Br)cccc2c1=O. The molecule has 0 bridgehead atoms. The molecule has 0 spiro atoms. The van der Waals surface area contributed by atoms with Crippen LogP contribution in [0.3, 0.4) is 0 Å². The van der Waals surface area contributed by atoms with Gasteiger partial charge in [-0.3, -0.25) is 4.79 Å². The van der Waals surface area contributed by atoms with Crippen molar-refractivity contribution in [3.05, 3.63) is 44.7 Å². The lowest BCUT2D eigenvalue weighted by molar-refractivity contribution is 1.36. The molecule has 0 radical (unpaired) electrons. The van der Waals surface area contributed by atoms with Gasteiger partial charge >= 0.3 is 0 Å². The maximum atomic E-state index is 12.0. The Morgan fingerprint density at radius 1 is 1.47 bits per heavy atom. The van der Waals surface area contributed by atoms with Crippen LogP contribution in [0.5, 0.6) is 0 Å². The zero-order valence-corrected chi connectivity index (χ0v) is 10.4. The zero-order chi connectivity index (χ0) is 11.0. The van der Waals surface area contributed by atoms with Gasteiger partial charge in [0.2, 0.25) is 0 Å². The average molecular weight is 282 g/mol. The summed E-state index contributed by atoms with van der Waals surface area (Å²) in [6, 6.07) is 5.52. The molecular weight excluding hydrogens is 274 g/mol. The number of aromatic amines is 1. The van der Waals surface area contributed by atoms with Crippen molar-refractivity contribution in [1.82, 2.24) is 4.98 Å². The fourth-order valence-electron chi connectivity index (χ4n) is 1.48. The molecule has 0 unspecified atom stereocenters. The molecule has 76 valence electrons. The standard InChI is InChI=1S/C11H8BrNOS/c1-6(15)8-5-13-10-7(11(8)14)3-2-4-9(10)12/h2-5H,1H3,(H,13,14). The molecule has 1 aromatic heterocycles. The Labute approximate surface area is 100 Å². The van der Waals surface area contributed by atoms with Crippen LogP contribution in [0.4, 0.5) is 0 Å². The van der Waals surface area contributed by atoms with Crippen molar-refractivity contribution in [3.8, 4) is 0 Å². The molecule has 2 aromatic rings. The minimum absolute atomic E-state index is 0.0162. The summed E-state index contributed by atoms with van der Waals surface area (Å²) in [7, 11) is 0. The van der Waals surface area contributed by atoms with Crippen molar-refractivity contribution in [3.63, 3.8) is 0 Å². The van der Waals surface area contributed by atoms with Gasteiger partial charge in [0.25, 0.3) is 0 Å². The van der Waals surface area contributed by atoms with Crippen molar-refractivity contribution in [2.24, 2.45) is 0 Å². The lowest BCUT2D eigenvalue weighted by Gasteiger charge is -2.02. The van der Waals surface area contributed by atoms with E-state index in [1.165, 1.54) is 0 Å². The number of rotatable bonds is 1. The van der Waals surface area contributed by atoms with Gasteiger partial charge in [0.05, 0.1) is 11.1 Å². The van der Waals surface area contributed by atoms with Crippen LogP contribution in [0.15, 0.2) is 33.7 Å². The highest BCUT2D eigenvalue weighted by Gasteiger charge is 2.07. The van der Waals surface area contributed by atoms with E-state index in [4.69, 9.17) is 12.2 Å². The van der Waals surface area contributed by atoms with Gasteiger partial charge in [-0.15, -0.1) is 0 Å². The molecular formula is C11H8BrNOS. The van der Waals surface area contributed by atoms with Crippen LogP contribution in [-0.4, -0.2) is 9.85 Å². The number of aromatic nitrogens is 1. The van der Waals surface area contributed by atoms with Crippen molar-refractivity contribution < 1.29 is 0 Å². The Kier molecular flexibility index (Phi) is 2.71. The van der Waals surface area contributed by atoms with E-state index in [1.807, 2.05) is 12.1 Å². The Balaban J connectivity index is 2.92. The molecule has 0 aliphatic carbocycles. The summed E-state index contributed by atoms with van der Waals surface area (Å²) in [5.74, 6) is 0. The predicted molar refractivity (Wildman–Crippen MR) is 69.6 cm³/mol. The van der Waals surface area contributed by atoms with Gasteiger partial charge in [-0.25, -0.2) is 0 Å². The van der Waals surface area contributed by atoms with E-state index in [0.717, 1.165) is 9.99 Å². The summed E-state index contributed by atoms with van der Waals surface area (Å²) < 4.78 is 0.880. The lowest BCUT2D eigenvalue weighted by Crippen LogP contribution is -2.13. The van der Waals surface area contributed by atoms with Crippen LogP contribution in [0, 0.1) is 0 Å². The van der Waals surface area contributed by atoms with Crippen LogP contribution < -0.4 is 5.43 Å². The fourth-order valence-corrected chi connectivity index (χ4v) is 2.11. The molecule has 2 nitrogen and oxygen atoms in total. The minimum Gasteiger partial charge on any atom is -0.359 e. The van der Waals surface area contributed by atoms with E-state index < -0.39 is 0 Å². The van der Waals surface area contributed by atoms with Crippen LogP contribution in [0.25, 0.3) is 10.9 Å². The van der Waals surface area contributed by atoms with Crippen molar-refractivity contribution >= 4 is 43.9 Å². The lowest BCUT2D eigenvalue weighted by atomic mass is 10.1. The number of hydrogen-bond acceptors (Lipinski definition) is 2. The second-order valence-electron chi connectivity index (χ2n) is 3.25. The number of benzene rings is 1. The largest absolute Gasteiger partial charge is 0.359 e. The number of nitrogens with one attached hydrogen (secondary N) is 1. The third kappa shape index (κ3) is 1.75. The van der Waals surface area contributed by atoms with Crippen LogP contribution in [0.2, 0.25) is 0 Å². The number of pyridine rings is 1. The first-order valence-corrected chi connectivity index (χ1v) is 5.62. The van der Waals surface area contributed by atoms with E-state index in [-0.39, 0.29) is 5.43 Å². The molecule has 15 heavy (non-hydrogen) atoms. The summed E-state index contributed by atoms with van der Waals surface area (Å²) in [4.78, 5) is 15.7. The quantitative estimate of drug-likeness (QED) is 0.644. The number of hydrogen-bond donors (Lipinski definition) is 1. The van der Waals surface area contributed by atoms with Gasteiger partial charge in [-0.05, 0) is 35.0 Å². The third-order valence-corrected chi connectivity index (χ3v) is 3.12. The monoisotopic (exact) mass is 281 g/mol. The Bertz CT molecular complexity index is 603. The van der Waals surface area contributed by atoms with Gasteiger partial charge < -0.3 is 4.98 Å². The highest BCUT2D eigenvalue weighted by molar-refractivity contribution is 9.10. The maximum absolute atomic E-state index is 12.0. The zero-order valence-electron chi connectivity index (χ0n) is 8.00. The van der Waals surface area contributed by atoms with Gasteiger partial charge in [0, 0.05) is 20.9 Å². The summed E-state index contributed by atoms with van der Waals surface area (Å²) in [5.41, 5.74) is 1.36. The molecule has 2 rings (SSSR count). The van der Waals surface area contributed by atoms with E-state index >= 15 is 0 Å². The molecule has 0 saturated heterocycles. The van der Waals surface area contributed by atoms with E-state index in [9.17, 15) is 4.79 Å². The van der Waals surface area contributed by atoms with Crippen LogP contribution in [0.1, 0.15) is 12.5 Å². The normalized spacial score (nSPS) is 10.5. The first-order chi connectivity index (χ1) is 7.11. The van der Waals surface area contributed by atoms with Crippen LogP contribution in [-0.2, 0) is 0 Å². The third-order valence-electron chi connectivity index (χ3n) is 2.24. The first kappa shape index (κ1) is 10.5. The minimum atomic E-state index is -0.0162. The summed E-state index contributed by atoms with van der Waals surface area (Å²) >= 11 is 8.40. The summed E-state index contributed by atoms with van der Waals surface area (Å²) in [6.07, 6.45) is 1.66. The van der Waals surface area contributed by atoms with Crippen molar-refractivity contribution in [2.75, 3.05) is 0 Å². The predicted octanol–water partition coefficient (Wildman–Crippen LogP) is 3.03. The van der Waals surface area contributed by atoms with Crippen molar-refractivity contribution in [2.45, 2.75) is 6.92 Å². The molecule has 1 heterocycles. The Morgan fingerprint density at radius 3 is 2.87 bits per heavy atom. The second kappa shape index (κ2) is 3.87. The molecule has 0 fully saturated rings. The number of H-pyrrole nitrogens is 1. The highest BCUT2D eigenvalue weighted by Crippen LogP contribution is 2.19. The van der Waals surface area contributed by atoms with E-state index in [0.29, 0.717) is 15.8 Å². The van der Waals surface area contributed by atoms with E-state index in [2.05, 4.69) is 20.9 Å². The van der Waals surface area contributed by atoms with Gasteiger partial charge in [0.15, 0.2) is 5.43 Å². The molecule has 0 amide bonds. The van der Waals surface area contributed by atoms with Crippen molar-refractivity contribution in [1.29, 1.82) is 0 Å². The molecule has 1 N–H and O–H groups in total. The van der Waals surface area contributed by atoms with Crippen LogP contribution >= 0.6 is 28.1 Å². The Hall–Kier alpha value is -1.00. The smallest absolute Gasteiger partial charge is 0.197 e. The van der Waals surface area contributed by atoms with Gasteiger partial charge in [0.1, 0.15) is 0 Å². The highest BCUT2D eigenvalue weighted by atomic mass is 79.9. The molecule has 4 heteroatoms. The summed E-state index contributed by atoms with van der Waals surface area (Å²) in [5, 5.41) is 0.658. The number of fused-ring (bicyclic) bond motifs is 1. The molecule has 1 aromatic carbocycles. The van der Waals surface area contributed by atoms with Gasteiger partial charge in [-0.1, -0.05) is 18.3 Å². The molecule has 0 aliphatic rings.